The summed E-state index contributed by atoms with van der Waals surface area (Å²) in [5, 5.41) is 33.1. The molecule has 2 N–H and O–H groups in total. The fraction of sp³-hybridized carbons (Fsp3) is 0.214. The first-order valence-corrected chi connectivity index (χ1v) is 11.9. The van der Waals surface area contributed by atoms with Gasteiger partial charge in [-0.15, -0.1) is 12.4 Å². The van der Waals surface area contributed by atoms with Crippen molar-refractivity contribution in [2.24, 2.45) is 0 Å². The average Bonchev–Trinajstić information content (AvgIpc) is 3.39. The number of aliphatic hydroxyl groups is 1. The number of halogens is 1. The molecule has 198 valence electrons. The van der Waals surface area contributed by atoms with Crippen LogP contribution in [0.4, 0.5) is 17.5 Å². The Hall–Kier alpha value is -4.77. The van der Waals surface area contributed by atoms with Gasteiger partial charge >= 0.3 is 0 Å². The highest BCUT2D eigenvalue weighted by Crippen LogP contribution is 2.46. The maximum absolute atomic E-state index is 10.1. The molecule has 0 amide bonds. The molecule has 0 spiro atoms. The minimum absolute atomic E-state index is 0. The van der Waals surface area contributed by atoms with Crippen molar-refractivity contribution in [3.8, 4) is 35.3 Å². The van der Waals surface area contributed by atoms with Gasteiger partial charge in [0.25, 0.3) is 0 Å². The molecule has 4 aromatic rings. The zero-order valence-corrected chi connectivity index (χ0v) is 22.0. The van der Waals surface area contributed by atoms with Gasteiger partial charge in [0.1, 0.15) is 5.82 Å². The van der Waals surface area contributed by atoms with Gasteiger partial charge in [0, 0.05) is 30.2 Å². The number of aliphatic hydroxyl groups excluding tert-OH is 1. The van der Waals surface area contributed by atoms with E-state index in [9.17, 15) is 10.4 Å². The van der Waals surface area contributed by atoms with E-state index in [0.717, 1.165) is 10.8 Å². The third-order valence-electron chi connectivity index (χ3n) is 6.22. The monoisotopic (exact) mass is 544 g/mol. The number of hydrogen-bond donors (Lipinski definition) is 2. The van der Waals surface area contributed by atoms with E-state index in [1.165, 1.54) is 14.2 Å². The second-order valence-corrected chi connectivity index (χ2v) is 8.68. The van der Waals surface area contributed by atoms with Gasteiger partial charge in [0.2, 0.25) is 17.6 Å². The molecule has 1 saturated heterocycles. The third-order valence-corrected chi connectivity index (χ3v) is 6.22. The van der Waals surface area contributed by atoms with Gasteiger partial charge in [-0.2, -0.15) is 20.5 Å². The summed E-state index contributed by atoms with van der Waals surface area (Å²) in [4.78, 5) is 11.2. The third kappa shape index (κ3) is 5.73. The van der Waals surface area contributed by atoms with Gasteiger partial charge in [0.15, 0.2) is 11.5 Å². The Kier molecular flexibility index (Phi) is 8.21. The quantitative estimate of drug-likeness (QED) is 0.330. The predicted molar refractivity (Wildman–Crippen MR) is 148 cm³/mol. The second-order valence-electron chi connectivity index (χ2n) is 8.68. The highest BCUT2D eigenvalue weighted by atomic mass is 35.5. The minimum Gasteiger partial charge on any atom is -0.493 e. The summed E-state index contributed by atoms with van der Waals surface area (Å²) in [6, 6.07) is 19.9. The van der Waals surface area contributed by atoms with E-state index in [1.54, 1.807) is 54.6 Å². The van der Waals surface area contributed by atoms with Crippen LogP contribution in [0, 0.1) is 22.7 Å². The standard InChI is InChI=1S/C28H24N6O4.ClH/c1-36-23-12-19-11-18(15-30)5-8-22(19)26(37-2)27(23)38-25-13-24(34-10-9-21(35)16-34)32-28(33-25)31-20-6-3-17(14-29)4-7-20;/h3-8,11-13,21,35H,9-10,16H2,1-2H3,(H,31,32,33);1H. The van der Waals surface area contributed by atoms with Crippen LogP contribution < -0.4 is 24.4 Å². The van der Waals surface area contributed by atoms with Crippen LogP contribution in [0.15, 0.2) is 54.6 Å². The molecule has 1 atom stereocenters. The maximum Gasteiger partial charge on any atom is 0.232 e. The number of nitriles is 2. The topological polar surface area (TPSA) is 137 Å². The zero-order valence-electron chi connectivity index (χ0n) is 21.2. The van der Waals surface area contributed by atoms with E-state index in [1.807, 2.05) is 4.90 Å². The van der Waals surface area contributed by atoms with Crippen LogP contribution in [0.5, 0.6) is 23.1 Å². The highest BCUT2D eigenvalue weighted by Gasteiger charge is 2.24. The Morgan fingerprint density at radius 3 is 2.33 bits per heavy atom. The summed E-state index contributed by atoms with van der Waals surface area (Å²) in [6.07, 6.45) is 0.193. The van der Waals surface area contributed by atoms with Crippen molar-refractivity contribution in [1.29, 1.82) is 10.5 Å². The molecule has 1 aromatic heterocycles. The molecule has 2 heterocycles. The molecule has 1 aliphatic rings. The Bertz CT molecular complexity index is 1580. The van der Waals surface area contributed by atoms with Crippen LogP contribution in [0.25, 0.3) is 10.8 Å². The van der Waals surface area contributed by atoms with Crippen molar-refractivity contribution in [3.05, 3.63) is 65.7 Å². The van der Waals surface area contributed by atoms with Crippen molar-refractivity contribution in [3.63, 3.8) is 0 Å². The lowest BCUT2D eigenvalue weighted by molar-refractivity contribution is 0.198. The van der Waals surface area contributed by atoms with Gasteiger partial charge in [-0.05, 0) is 60.3 Å². The SMILES string of the molecule is COc1cc2cc(C#N)ccc2c(OC)c1Oc1cc(N2CCC(O)C2)nc(Nc2ccc(C#N)cc2)n1.Cl. The van der Waals surface area contributed by atoms with E-state index in [-0.39, 0.29) is 24.2 Å². The van der Waals surface area contributed by atoms with Gasteiger partial charge in [-0.25, -0.2) is 0 Å². The van der Waals surface area contributed by atoms with Gasteiger partial charge in [-0.3, -0.25) is 0 Å². The fourth-order valence-corrected chi connectivity index (χ4v) is 4.35. The van der Waals surface area contributed by atoms with Crippen molar-refractivity contribution in [2.45, 2.75) is 12.5 Å². The highest BCUT2D eigenvalue weighted by molar-refractivity contribution is 5.94. The molecule has 11 heteroatoms. The summed E-state index contributed by atoms with van der Waals surface area (Å²) >= 11 is 0. The van der Waals surface area contributed by atoms with Crippen molar-refractivity contribution in [2.75, 3.05) is 37.5 Å². The van der Waals surface area contributed by atoms with E-state index >= 15 is 0 Å². The fourth-order valence-electron chi connectivity index (χ4n) is 4.35. The lowest BCUT2D eigenvalue weighted by atomic mass is 10.1. The smallest absolute Gasteiger partial charge is 0.232 e. The van der Waals surface area contributed by atoms with Gasteiger partial charge in [-0.1, -0.05) is 0 Å². The molecule has 5 rings (SSSR count). The lowest BCUT2D eigenvalue weighted by Gasteiger charge is -2.20. The molecular weight excluding hydrogens is 520 g/mol. The zero-order chi connectivity index (χ0) is 26.6. The Labute approximate surface area is 231 Å². The molecule has 1 fully saturated rings. The maximum atomic E-state index is 10.1. The summed E-state index contributed by atoms with van der Waals surface area (Å²) < 4.78 is 17.6. The molecule has 0 saturated carbocycles. The number of nitrogens with zero attached hydrogens (tertiary/aromatic N) is 5. The Balaban J connectivity index is 0.00000353. The number of benzene rings is 3. The van der Waals surface area contributed by atoms with E-state index in [2.05, 4.69) is 27.4 Å². The van der Waals surface area contributed by atoms with Crippen molar-refractivity contribution >= 4 is 40.6 Å². The Morgan fingerprint density at radius 2 is 1.69 bits per heavy atom. The molecule has 0 radical (unpaired) electrons. The summed E-state index contributed by atoms with van der Waals surface area (Å²) in [7, 11) is 3.06. The van der Waals surface area contributed by atoms with Crippen LogP contribution in [0.1, 0.15) is 17.5 Å². The van der Waals surface area contributed by atoms with Crippen LogP contribution in [-0.2, 0) is 0 Å². The number of rotatable bonds is 7. The number of β-amino-alcohol motifs (C(OH)–C–C–N with tert-alkyl or cyclic N) is 1. The van der Waals surface area contributed by atoms with Crippen LogP contribution in [0.3, 0.4) is 0 Å². The number of ether oxygens (including phenoxy) is 3. The molecule has 1 aliphatic heterocycles. The summed E-state index contributed by atoms with van der Waals surface area (Å²) in [5.74, 6) is 2.26. The number of nitrogens with one attached hydrogen (secondary N) is 1. The van der Waals surface area contributed by atoms with Crippen LogP contribution in [-0.4, -0.2) is 48.5 Å². The van der Waals surface area contributed by atoms with E-state index in [0.29, 0.717) is 59.4 Å². The van der Waals surface area contributed by atoms with Crippen LogP contribution in [0.2, 0.25) is 0 Å². The normalized spacial score (nSPS) is 14.2. The first-order chi connectivity index (χ1) is 18.5. The predicted octanol–water partition coefficient (Wildman–Crippen LogP) is 4.92. The first-order valence-electron chi connectivity index (χ1n) is 11.9. The average molecular weight is 545 g/mol. The van der Waals surface area contributed by atoms with Crippen LogP contribution >= 0.6 is 12.4 Å². The van der Waals surface area contributed by atoms with E-state index < -0.39 is 6.10 Å². The van der Waals surface area contributed by atoms with Crippen molar-refractivity contribution < 1.29 is 19.3 Å². The molecule has 3 aromatic carbocycles. The second kappa shape index (κ2) is 11.7. The van der Waals surface area contributed by atoms with E-state index in [4.69, 9.17) is 19.5 Å². The minimum atomic E-state index is -0.441. The molecule has 0 bridgehead atoms. The molecule has 0 aliphatic carbocycles. The van der Waals surface area contributed by atoms with Gasteiger partial charge in [0.05, 0.1) is 43.6 Å². The number of fused-ring (bicyclic) bond motifs is 1. The number of hydrogen-bond acceptors (Lipinski definition) is 10. The lowest BCUT2D eigenvalue weighted by Crippen LogP contribution is -2.22. The largest absolute Gasteiger partial charge is 0.493 e. The molecule has 10 nitrogen and oxygen atoms in total. The molecular formula is C28H25ClN6O4. The van der Waals surface area contributed by atoms with Gasteiger partial charge < -0.3 is 29.5 Å². The number of anilines is 3. The molecule has 39 heavy (non-hydrogen) atoms. The summed E-state index contributed by atoms with van der Waals surface area (Å²) in [5.41, 5.74) is 1.75. The summed E-state index contributed by atoms with van der Waals surface area (Å²) in [6.45, 7) is 1.08. The molecule has 1 unspecified atom stereocenters. The Morgan fingerprint density at radius 1 is 0.949 bits per heavy atom. The number of aromatic nitrogens is 2. The van der Waals surface area contributed by atoms with Crippen molar-refractivity contribution in [1.82, 2.24) is 9.97 Å². The first kappa shape index (κ1) is 27.3. The number of methoxy groups -OCH3 is 2.